The van der Waals surface area contributed by atoms with Crippen molar-refractivity contribution in [3.8, 4) is 5.75 Å². The molecule has 5 nitrogen and oxygen atoms in total. The second-order valence-electron chi connectivity index (χ2n) is 6.70. The maximum Gasteiger partial charge on any atom is 0.226 e. The van der Waals surface area contributed by atoms with Crippen LogP contribution in [0.2, 0.25) is 0 Å². The Balaban J connectivity index is 1.66. The van der Waals surface area contributed by atoms with Gasteiger partial charge in [0.2, 0.25) is 5.43 Å². The normalized spacial score (nSPS) is 17.3. The van der Waals surface area contributed by atoms with Crippen LogP contribution in [0.25, 0.3) is 0 Å². The van der Waals surface area contributed by atoms with Crippen molar-refractivity contribution in [3.05, 3.63) is 63.7 Å². The van der Waals surface area contributed by atoms with E-state index in [4.69, 9.17) is 9.15 Å². The summed E-state index contributed by atoms with van der Waals surface area (Å²) in [6.07, 6.45) is 4.45. The number of aryl methyl sites for hydroxylation is 1. The molecular weight excluding hydrogens is 318 g/mol. The number of rotatable bonds is 7. The highest BCUT2D eigenvalue weighted by Crippen LogP contribution is 2.16. The molecule has 0 unspecified atom stereocenters. The molecule has 0 bridgehead atoms. The molecule has 0 aliphatic carbocycles. The number of aromatic hydroxyl groups is 1. The SMILES string of the molecule is Cc1ccc(CCN(Cc2cc(=O)c(O)co2)C[C@H]2CCCO2)cc1. The highest BCUT2D eigenvalue weighted by molar-refractivity contribution is 5.21. The van der Waals surface area contributed by atoms with Crippen LogP contribution in [0.15, 0.2) is 45.8 Å². The van der Waals surface area contributed by atoms with Gasteiger partial charge in [0.25, 0.3) is 0 Å². The van der Waals surface area contributed by atoms with Crippen LogP contribution in [0, 0.1) is 6.92 Å². The van der Waals surface area contributed by atoms with Gasteiger partial charge in [-0.1, -0.05) is 29.8 Å². The molecule has 1 saturated heterocycles. The molecule has 1 aromatic carbocycles. The van der Waals surface area contributed by atoms with Gasteiger partial charge in [0.15, 0.2) is 5.75 Å². The Hall–Kier alpha value is -2.11. The fourth-order valence-corrected chi connectivity index (χ4v) is 3.10. The number of nitrogens with zero attached hydrogens (tertiary/aromatic N) is 1. The molecule has 1 aliphatic rings. The Labute approximate surface area is 147 Å². The second kappa shape index (κ2) is 8.32. The van der Waals surface area contributed by atoms with Gasteiger partial charge >= 0.3 is 0 Å². The minimum Gasteiger partial charge on any atom is -0.502 e. The van der Waals surface area contributed by atoms with E-state index >= 15 is 0 Å². The Morgan fingerprint density at radius 2 is 2.08 bits per heavy atom. The molecule has 134 valence electrons. The molecule has 1 aliphatic heterocycles. The largest absolute Gasteiger partial charge is 0.502 e. The number of hydrogen-bond donors (Lipinski definition) is 1. The Kier molecular flexibility index (Phi) is 5.89. The lowest BCUT2D eigenvalue weighted by Crippen LogP contribution is -2.33. The van der Waals surface area contributed by atoms with Crippen LogP contribution in [0.3, 0.4) is 0 Å². The summed E-state index contributed by atoms with van der Waals surface area (Å²) >= 11 is 0. The summed E-state index contributed by atoms with van der Waals surface area (Å²) in [7, 11) is 0. The van der Waals surface area contributed by atoms with Gasteiger partial charge < -0.3 is 14.3 Å². The molecule has 0 radical (unpaired) electrons. The third-order valence-corrected chi connectivity index (χ3v) is 4.57. The summed E-state index contributed by atoms with van der Waals surface area (Å²) in [5.41, 5.74) is 2.14. The molecule has 1 N–H and O–H groups in total. The first-order chi connectivity index (χ1) is 12.1. The predicted octanol–water partition coefficient (Wildman–Crippen LogP) is 2.88. The Morgan fingerprint density at radius 3 is 2.76 bits per heavy atom. The lowest BCUT2D eigenvalue weighted by atomic mass is 10.1. The minimum absolute atomic E-state index is 0.238. The topological polar surface area (TPSA) is 62.9 Å². The van der Waals surface area contributed by atoms with Gasteiger partial charge in [-0.15, -0.1) is 0 Å². The van der Waals surface area contributed by atoms with E-state index in [1.165, 1.54) is 17.2 Å². The van der Waals surface area contributed by atoms with Gasteiger partial charge in [0, 0.05) is 25.8 Å². The zero-order valence-electron chi connectivity index (χ0n) is 14.6. The summed E-state index contributed by atoms with van der Waals surface area (Å²) in [5.74, 6) is 0.207. The molecule has 2 aromatic rings. The average Bonchev–Trinajstić information content (AvgIpc) is 3.10. The summed E-state index contributed by atoms with van der Waals surface area (Å²) in [5, 5.41) is 9.34. The van der Waals surface area contributed by atoms with Crippen molar-refractivity contribution in [2.45, 2.75) is 38.8 Å². The number of benzene rings is 1. The van der Waals surface area contributed by atoms with Crippen LogP contribution in [-0.2, 0) is 17.7 Å². The summed E-state index contributed by atoms with van der Waals surface area (Å²) in [6, 6.07) is 9.92. The predicted molar refractivity (Wildman–Crippen MR) is 95.8 cm³/mol. The summed E-state index contributed by atoms with van der Waals surface area (Å²) in [4.78, 5) is 13.9. The Morgan fingerprint density at radius 1 is 1.28 bits per heavy atom. The number of ether oxygens (including phenoxy) is 1. The van der Waals surface area contributed by atoms with Crippen LogP contribution in [0.5, 0.6) is 5.75 Å². The molecule has 3 rings (SSSR count). The standard InChI is InChI=1S/C20H25NO4/c1-15-4-6-16(7-5-15)8-9-21(12-17-3-2-10-24-17)13-18-11-19(22)20(23)14-25-18/h4-7,11,14,17,23H,2-3,8-10,12-13H2,1H3/t17-/m1/s1. The van der Waals surface area contributed by atoms with Gasteiger partial charge in [0.05, 0.1) is 12.6 Å². The van der Waals surface area contributed by atoms with Crippen LogP contribution >= 0.6 is 0 Å². The summed E-state index contributed by atoms with van der Waals surface area (Å²) < 4.78 is 11.1. The van der Waals surface area contributed by atoms with E-state index in [0.29, 0.717) is 12.3 Å². The first kappa shape index (κ1) is 17.7. The fraction of sp³-hybridized carbons (Fsp3) is 0.450. The van der Waals surface area contributed by atoms with Crippen LogP contribution < -0.4 is 5.43 Å². The van der Waals surface area contributed by atoms with E-state index < -0.39 is 5.43 Å². The maximum atomic E-state index is 11.6. The molecule has 0 amide bonds. The Bertz CT molecular complexity index is 732. The van der Waals surface area contributed by atoms with E-state index in [0.717, 1.165) is 45.2 Å². The molecule has 1 atom stereocenters. The number of hydrogen-bond acceptors (Lipinski definition) is 5. The van der Waals surface area contributed by atoms with Crippen molar-refractivity contribution in [1.29, 1.82) is 0 Å². The molecule has 1 fully saturated rings. The molecule has 25 heavy (non-hydrogen) atoms. The summed E-state index contributed by atoms with van der Waals surface area (Å²) in [6.45, 7) is 5.11. The maximum absolute atomic E-state index is 11.6. The molecule has 5 heteroatoms. The third-order valence-electron chi connectivity index (χ3n) is 4.57. The minimum atomic E-state index is -0.406. The van der Waals surface area contributed by atoms with Crippen molar-refractivity contribution >= 4 is 0 Å². The van der Waals surface area contributed by atoms with E-state index in [1.807, 2.05) is 0 Å². The smallest absolute Gasteiger partial charge is 0.226 e. The van der Waals surface area contributed by atoms with Crippen LogP contribution in [0.1, 0.15) is 29.7 Å². The van der Waals surface area contributed by atoms with Crippen molar-refractivity contribution in [2.75, 3.05) is 19.7 Å². The lowest BCUT2D eigenvalue weighted by Gasteiger charge is -2.24. The molecule has 0 saturated carbocycles. The quantitative estimate of drug-likeness (QED) is 0.837. The molecular formula is C20H25NO4. The first-order valence-corrected chi connectivity index (χ1v) is 8.80. The van der Waals surface area contributed by atoms with Crippen molar-refractivity contribution < 1.29 is 14.3 Å². The highest BCUT2D eigenvalue weighted by Gasteiger charge is 2.20. The molecule has 0 spiro atoms. The van der Waals surface area contributed by atoms with E-state index in [2.05, 4.69) is 36.1 Å². The van der Waals surface area contributed by atoms with Crippen LogP contribution in [-0.4, -0.2) is 35.8 Å². The zero-order chi connectivity index (χ0) is 17.6. The van der Waals surface area contributed by atoms with Gasteiger partial charge in [0.1, 0.15) is 12.0 Å². The zero-order valence-corrected chi connectivity index (χ0v) is 14.6. The molecule has 1 aromatic heterocycles. The van der Waals surface area contributed by atoms with E-state index in [-0.39, 0.29) is 11.9 Å². The van der Waals surface area contributed by atoms with Gasteiger partial charge in [-0.05, 0) is 31.7 Å². The monoisotopic (exact) mass is 343 g/mol. The van der Waals surface area contributed by atoms with E-state index in [9.17, 15) is 9.90 Å². The highest BCUT2D eigenvalue weighted by atomic mass is 16.5. The first-order valence-electron chi connectivity index (χ1n) is 8.80. The van der Waals surface area contributed by atoms with Gasteiger partial charge in [-0.2, -0.15) is 0 Å². The second-order valence-corrected chi connectivity index (χ2v) is 6.70. The average molecular weight is 343 g/mol. The van der Waals surface area contributed by atoms with Crippen LogP contribution in [0.4, 0.5) is 0 Å². The van der Waals surface area contributed by atoms with Gasteiger partial charge in [-0.3, -0.25) is 9.69 Å². The van der Waals surface area contributed by atoms with Crippen molar-refractivity contribution in [1.82, 2.24) is 4.90 Å². The van der Waals surface area contributed by atoms with Crippen molar-refractivity contribution in [2.24, 2.45) is 0 Å². The lowest BCUT2D eigenvalue weighted by molar-refractivity contribution is 0.0684. The van der Waals surface area contributed by atoms with Gasteiger partial charge in [-0.25, -0.2) is 0 Å². The van der Waals surface area contributed by atoms with E-state index in [1.54, 1.807) is 0 Å². The van der Waals surface area contributed by atoms with Crippen molar-refractivity contribution in [3.63, 3.8) is 0 Å². The third kappa shape index (κ3) is 5.18. The fourth-order valence-electron chi connectivity index (χ4n) is 3.10. The molecule has 2 heterocycles.